The molecule has 202 valence electrons. The van der Waals surface area contributed by atoms with Crippen LogP contribution in [-0.4, -0.2) is 33.1 Å². The molecule has 3 aromatic carbocycles. The van der Waals surface area contributed by atoms with E-state index in [0.717, 1.165) is 78.6 Å². The molecule has 1 aromatic heterocycles. The normalized spacial score (nSPS) is 17.5. The number of rotatable bonds is 9. The van der Waals surface area contributed by atoms with Gasteiger partial charge in [-0.2, -0.15) is 0 Å². The molecule has 2 fully saturated rings. The van der Waals surface area contributed by atoms with E-state index in [0.29, 0.717) is 17.6 Å². The van der Waals surface area contributed by atoms with E-state index in [1.165, 1.54) is 5.56 Å². The topological polar surface area (TPSA) is 77.4 Å². The maximum atomic E-state index is 12.4. The fraction of sp³-hybridized carbons (Fsp3) is 0.355. The van der Waals surface area contributed by atoms with Gasteiger partial charge in [0.2, 0.25) is 5.91 Å². The van der Waals surface area contributed by atoms with Crippen molar-refractivity contribution in [1.29, 1.82) is 0 Å². The lowest BCUT2D eigenvalue weighted by atomic mass is 10.1. The zero-order valence-corrected chi connectivity index (χ0v) is 23.0. The van der Waals surface area contributed by atoms with Crippen LogP contribution in [0.3, 0.4) is 0 Å². The number of hydrogen-bond acceptors (Lipinski definition) is 6. The van der Waals surface area contributed by atoms with Crippen LogP contribution in [0.5, 0.6) is 17.2 Å². The quantitative estimate of drug-likeness (QED) is 0.259. The van der Waals surface area contributed by atoms with Gasteiger partial charge in [0.25, 0.3) is 0 Å². The Hall–Kier alpha value is -3.49. The summed E-state index contributed by atoms with van der Waals surface area (Å²) >= 11 is 1.98. The lowest BCUT2D eigenvalue weighted by Gasteiger charge is -2.11. The smallest absolute Gasteiger partial charge is 0.227 e. The number of hydrogen-bond donors (Lipinski definition) is 2. The van der Waals surface area contributed by atoms with E-state index in [-0.39, 0.29) is 11.8 Å². The maximum absolute atomic E-state index is 12.4. The molecule has 4 aromatic rings. The van der Waals surface area contributed by atoms with Crippen LogP contribution in [0.2, 0.25) is 0 Å². The van der Waals surface area contributed by atoms with Gasteiger partial charge < -0.3 is 24.7 Å². The van der Waals surface area contributed by atoms with Gasteiger partial charge in [0.1, 0.15) is 29.7 Å². The largest absolute Gasteiger partial charge is 0.486 e. The molecule has 1 atom stereocenters. The highest BCUT2D eigenvalue weighted by Gasteiger charge is 2.22. The Morgan fingerprint density at radius 3 is 2.51 bits per heavy atom. The van der Waals surface area contributed by atoms with Crippen molar-refractivity contribution in [2.24, 2.45) is 13.0 Å². The highest BCUT2D eigenvalue weighted by Crippen LogP contribution is 2.29. The number of thioether (sulfide) groups is 1. The third kappa shape index (κ3) is 6.23. The van der Waals surface area contributed by atoms with Gasteiger partial charge in [-0.25, -0.2) is 4.98 Å². The SMILES string of the molecule is Cn1c(COc2ccc(CC3CNCS3)cc2)nc2ccc(Oc3ccc(NC(=O)C4CCCC4)cc3)cc21. The summed E-state index contributed by atoms with van der Waals surface area (Å²) < 4.78 is 14.2. The Morgan fingerprint density at radius 2 is 1.77 bits per heavy atom. The number of carbonyl (C=O) groups excluding carboxylic acids is 1. The molecule has 2 N–H and O–H groups in total. The first-order chi connectivity index (χ1) is 19.1. The van der Waals surface area contributed by atoms with Crippen LogP contribution in [0.4, 0.5) is 5.69 Å². The summed E-state index contributed by atoms with van der Waals surface area (Å²) in [6.07, 6.45) is 5.34. The molecule has 1 aliphatic heterocycles. The van der Waals surface area contributed by atoms with E-state index < -0.39 is 0 Å². The molecule has 0 spiro atoms. The molecule has 0 radical (unpaired) electrons. The maximum Gasteiger partial charge on any atom is 0.227 e. The first-order valence-corrected chi connectivity index (χ1v) is 14.7. The monoisotopic (exact) mass is 542 g/mol. The fourth-order valence-electron chi connectivity index (χ4n) is 5.31. The molecular weight excluding hydrogens is 508 g/mol. The van der Waals surface area contributed by atoms with Gasteiger partial charge in [-0.05, 0) is 73.4 Å². The molecular formula is C31H34N4O3S. The van der Waals surface area contributed by atoms with Crippen molar-refractivity contribution in [2.75, 3.05) is 17.7 Å². The van der Waals surface area contributed by atoms with Crippen LogP contribution in [0.1, 0.15) is 37.1 Å². The summed E-state index contributed by atoms with van der Waals surface area (Å²) in [5.41, 5.74) is 4.00. The molecule has 1 unspecified atom stereocenters. The highest BCUT2D eigenvalue weighted by molar-refractivity contribution is 8.00. The second kappa shape index (κ2) is 11.7. The molecule has 39 heavy (non-hydrogen) atoms. The number of ether oxygens (including phenoxy) is 2. The fourth-order valence-corrected chi connectivity index (χ4v) is 6.32. The Bertz CT molecular complexity index is 1420. The third-order valence-electron chi connectivity index (χ3n) is 7.58. The molecule has 1 amide bonds. The molecule has 8 heteroatoms. The van der Waals surface area contributed by atoms with Crippen LogP contribution < -0.4 is 20.1 Å². The Kier molecular flexibility index (Phi) is 7.74. The van der Waals surface area contributed by atoms with E-state index in [1.807, 2.05) is 78.0 Å². The minimum atomic E-state index is 0.121. The molecule has 1 saturated heterocycles. The first-order valence-electron chi connectivity index (χ1n) is 13.7. The van der Waals surface area contributed by atoms with Crippen molar-refractivity contribution in [1.82, 2.24) is 14.9 Å². The molecule has 0 bridgehead atoms. The number of fused-ring (bicyclic) bond motifs is 1. The lowest BCUT2D eigenvalue weighted by molar-refractivity contribution is -0.119. The minimum absolute atomic E-state index is 0.121. The zero-order valence-electron chi connectivity index (χ0n) is 22.2. The summed E-state index contributed by atoms with van der Waals surface area (Å²) in [4.78, 5) is 17.2. The van der Waals surface area contributed by atoms with Crippen LogP contribution in [-0.2, 0) is 24.9 Å². The van der Waals surface area contributed by atoms with E-state index >= 15 is 0 Å². The first kappa shape index (κ1) is 25.8. The number of nitrogens with one attached hydrogen (secondary N) is 2. The predicted octanol–water partition coefficient (Wildman–Crippen LogP) is 6.28. The van der Waals surface area contributed by atoms with Crippen LogP contribution in [0, 0.1) is 5.92 Å². The molecule has 7 nitrogen and oxygen atoms in total. The van der Waals surface area contributed by atoms with Crippen molar-refractivity contribution in [2.45, 2.75) is 44.0 Å². The van der Waals surface area contributed by atoms with Crippen LogP contribution in [0.15, 0.2) is 66.7 Å². The van der Waals surface area contributed by atoms with Gasteiger partial charge in [0.05, 0.1) is 11.0 Å². The average Bonchev–Trinajstić information content (AvgIpc) is 3.73. The number of aromatic nitrogens is 2. The second-order valence-electron chi connectivity index (χ2n) is 10.4. The number of carbonyl (C=O) groups is 1. The summed E-state index contributed by atoms with van der Waals surface area (Å²) in [6.45, 7) is 1.46. The van der Waals surface area contributed by atoms with E-state index in [9.17, 15) is 4.79 Å². The van der Waals surface area contributed by atoms with Gasteiger partial charge in [0.15, 0.2) is 0 Å². The molecule has 2 heterocycles. The lowest BCUT2D eigenvalue weighted by Crippen LogP contribution is -2.20. The Labute approximate surface area is 233 Å². The Morgan fingerprint density at radius 1 is 1.03 bits per heavy atom. The predicted molar refractivity (Wildman–Crippen MR) is 157 cm³/mol. The van der Waals surface area contributed by atoms with Gasteiger partial charge in [-0.15, -0.1) is 11.8 Å². The third-order valence-corrected chi connectivity index (χ3v) is 8.75. The van der Waals surface area contributed by atoms with Crippen molar-refractivity contribution in [3.05, 3.63) is 78.1 Å². The van der Waals surface area contributed by atoms with E-state index in [4.69, 9.17) is 14.5 Å². The second-order valence-corrected chi connectivity index (χ2v) is 11.6. The van der Waals surface area contributed by atoms with Crippen molar-refractivity contribution < 1.29 is 14.3 Å². The van der Waals surface area contributed by atoms with Crippen molar-refractivity contribution in [3.63, 3.8) is 0 Å². The zero-order chi connectivity index (χ0) is 26.6. The number of imidazole rings is 1. The molecule has 1 aliphatic carbocycles. The van der Waals surface area contributed by atoms with E-state index in [2.05, 4.69) is 22.8 Å². The number of anilines is 1. The average molecular weight is 543 g/mol. The number of amides is 1. The van der Waals surface area contributed by atoms with Crippen LogP contribution >= 0.6 is 11.8 Å². The summed E-state index contributed by atoms with van der Waals surface area (Å²) in [5, 5.41) is 7.08. The standard InChI is InChI=1S/C31H34N4O3S/c1-35-29-17-26(38-25-12-8-23(9-13-25)33-31(36)22-4-2-3-5-22)14-15-28(29)34-30(35)19-37-24-10-6-21(7-11-24)16-27-18-32-20-39-27/h6-15,17,22,27,32H,2-5,16,18-20H2,1H3,(H,33,36). The highest BCUT2D eigenvalue weighted by atomic mass is 32.2. The minimum Gasteiger partial charge on any atom is -0.486 e. The molecule has 6 rings (SSSR count). The summed E-state index contributed by atoms with van der Waals surface area (Å²) in [7, 11) is 2.00. The van der Waals surface area contributed by atoms with Gasteiger partial charge in [-0.3, -0.25) is 4.79 Å². The van der Waals surface area contributed by atoms with Crippen LogP contribution in [0.25, 0.3) is 11.0 Å². The summed E-state index contributed by atoms with van der Waals surface area (Å²) in [6, 6.07) is 21.8. The van der Waals surface area contributed by atoms with Gasteiger partial charge >= 0.3 is 0 Å². The molecule has 2 aliphatic rings. The van der Waals surface area contributed by atoms with Crippen molar-refractivity contribution >= 4 is 34.4 Å². The van der Waals surface area contributed by atoms with Crippen molar-refractivity contribution in [3.8, 4) is 17.2 Å². The number of aryl methyl sites for hydroxylation is 1. The van der Waals surface area contributed by atoms with Gasteiger partial charge in [0, 0.05) is 42.4 Å². The summed E-state index contributed by atoms with van der Waals surface area (Å²) in [5.74, 6) is 4.45. The van der Waals surface area contributed by atoms with E-state index in [1.54, 1.807) is 0 Å². The molecule has 1 saturated carbocycles. The number of nitrogens with zero attached hydrogens (tertiary/aromatic N) is 2. The number of benzene rings is 3. The van der Waals surface area contributed by atoms with Gasteiger partial charge in [-0.1, -0.05) is 25.0 Å². The Balaban J connectivity index is 1.06.